The van der Waals surface area contributed by atoms with Crippen molar-refractivity contribution < 1.29 is 0 Å². The lowest BCUT2D eigenvalue weighted by Crippen LogP contribution is -2.59. The summed E-state index contributed by atoms with van der Waals surface area (Å²) in [4.78, 5) is 17.4. The molecule has 0 unspecified atom stereocenters. The molecule has 2 saturated carbocycles. The monoisotopic (exact) mass is 1230 g/mol. The van der Waals surface area contributed by atoms with Crippen molar-refractivity contribution >= 4 is 66.7 Å². The fraction of sp³-hybridized carbons (Fsp3) is 0.225. The van der Waals surface area contributed by atoms with Crippen LogP contribution in [0.1, 0.15) is 140 Å². The van der Waals surface area contributed by atoms with Crippen molar-refractivity contribution in [3.05, 3.63) is 253 Å². The Morgan fingerprint density at radius 2 is 0.642 bits per heavy atom. The van der Waals surface area contributed by atoms with Crippen LogP contribution in [0, 0.1) is 0 Å². The fourth-order valence-corrected chi connectivity index (χ4v) is 17.0. The van der Waals surface area contributed by atoms with E-state index in [1.807, 2.05) is 0 Å². The normalized spacial score (nSPS) is 14.9. The lowest BCUT2D eigenvalue weighted by molar-refractivity contribution is 0.444. The lowest BCUT2D eigenvalue weighted by atomic mass is 9.34. The Morgan fingerprint density at radius 3 is 0.979 bits per heavy atom. The van der Waals surface area contributed by atoms with Crippen molar-refractivity contribution in [1.29, 1.82) is 0 Å². The van der Waals surface area contributed by atoms with Crippen molar-refractivity contribution in [3.8, 4) is 90.0 Å². The Balaban J connectivity index is 0.972. The number of hydrogen-bond acceptors (Lipinski definition) is 3. The zero-order valence-corrected chi connectivity index (χ0v) is 55.5. The van der Waals surface area contributed by atoms with E-state index in [1.54, 1.807) is 0 Å². The molecule has 5 heterocycles. The molecule has 11 aromatic carbocycles. The molecule has 3 aromatic heterocycles. The van der Waals surface area contributed by atoms with E-state index in [0.29, 0.717) is 29.3 Å². The maximum atomic E-state index is 5.84. The predicted octanol–water partition coefficient (Wildman–Crippen LogP) is 21.6. The molecule has 0 atom stereocenters. The van der Waals surface area contributed by atoms with Crippen molar-refractivity contribution in [2.75, 3.05) is 0 Å². The number of fused-ring (bicyclic) bond motifs is 10. The van der Waals surface area contributed by atoms with Crippen LogP contribution >= 0.6 is 0 Å². The molecule has 95 heavy (non-hydrogen) atoms. The largest absolute Gasteiger partial charge is 0.310 e. The third kappa shape index (κ3) is 9.83. The highest BCUT2D eigenvalue weighted by molar-refractivity contribution is 7.00. The van der Waals surface area contributed by atoms with Crippen molar-refractivity contribution in [1.82, 2.24) is 24.1 Å². The van der Waals surface area contributed by atoms with E-state index in [1.165, 1.54) is 158 Å². The molecule has 2 fully saturated rings. The molecule has 14 aromatic rings. The second kappa shape index (κ2) is 22.4. The quantitative estimate of drug-likeness (QED) is 0.135. The molecule has 0 bridgehead atoms. The molecule has 462 valence electrons. The molecule has 0 amide bonds. The molecular formula is C89H78BN5. The van der Waals surface area contributed by atoms with E-state index >= 15 is 0 Å². The summed E-state index contributed by atoms with van der Waals surface area (Å²) in [6, 6.07) is 87.1. The number of benzene rings is 11. The van der Waals surface area contributed by atoms with E-state index in [2.05, 4.69) is 281 Å². The third-order valence-electron chi connectivity index (χ3n) is 21.9. The van der Waals surface area contributed by atoms with E-state index in [0.717, 1.165) is 61.2 Å². The van der Waals surface area contributed by atoms with Crippen LogP contribution in [0.4, 0.5) is 0 Å². The summed E-state index contributed by atoms with van der Waals surface area (Å²) in [6.45, 7) is 14.2. The second-order valence-electron chi connectivity index (χ2n) is 30.0. The van der Waals surface area contributed by atoms with Crippen LogP contribution < -0.4 is 16.4 Å². The van der Waals surface area contributed by atoms with Crippen LogP contribution in [-0.2, 0) is 10.8 Å². The zero-order chi connectivity index (χ0) is 63.8. The van der Waals surface area contributed by atoms with E-state index in [4.69, 9.17) is 15.0 Å². The predicted molar refractivity (Wildman–Crippen MR) is 400 cm³/mol. The lowest BCUT2D eigenvalue weighted by Gasteiger charge is -2.35. The maximum Gasteiger partial charge on any atom is 0.252 e. The van der Waals surface area contributed by atoms with E-state index in [-0.39, 0.29) is 17.5 Å². The summed E-state index contributed by atoms with van der Waals surface area (Å²) in [6.07, 6.45) is 12.7. The Morgan fingerprint density at radius 1 is 0.316 bits per heavy atom. The van der Waals surface area contributed by atoms with Gasteiger partial charge in [0, 0.05) is 60.6 Å². The Bertz CT molecular complexity index is 4940. The van der Waals surface area contributed by atoms with Crippen molar-refractivity contribution in [3.63, 3.8) is 0 Å². The van der Waals surface area contributed by atoms with Crippen LogP contribution in [0.2, 0.25) is 0 Å². The minimum Gasteiger partial charge on any atom is -0.310 e. The van der Waals surface area contributed by atoms with E-state index in [9.17, 15) is 0 Å². The van der Waals surface area contributed by atoms with Crippen molar-refractivity contribution in [2.45, 2.75) is 128 Å². The minimum atomic E-state index is -0.0437. The summed E-state index contributed by atoms with van der Waals surface area (Å²) in [7, 11) is 0. The third-order valence-corrected chi connectivity index (χ3v) is 21.9. The fourth-order valence-electron chi connectivity index (χ4n) is 17.0. The van der Waals surface area contributed by atoms with Gasteiger partial charge in [0.1, 0.15) is 0 Å². The van der Waals surface area contributed by atoms with Gasteiger partial charge in [-0.15, -0.1) is 0 Å². The molecule has 0 N–H and O–H groups in total. The first kappa shape index (κ1) is 57.7. The van der Waals surface area contributed by atoms with Crippen LogP contribution in [-0.4, -0.2) is 30.8 Å². The first-order valence-electron chi connectivity index (χ1n) is 35.1. The van der Waals surface area contributed by atoms with Gasteiger partial charge in [0.25, 0.3) is 6.71 Å². The zero-order valence-electron chi connectivity index (χ0n) is 55.5. The van der Waals surface area contributed by atoms with Crippen LogP contribution in [0.15, 0.2) is 231 Å². The summed E-state index contributed by atoms with van der Waals surface area (Å²) in [5.74, 6) is 2.91. The van der Waals surface area contributed by atoms with Crippen LogP contribution in [0.5, 0.6) is 0 Å². The van der Waals surface area contributed by atoms with Gasteiger partial charge in [-0.3, -0.25) is 0 Å². The molecule has 6 heteroatoms. The highest BCUT2D eigenvalue weighted by Gasteiger charge is 2.43. The highest BCUT2D eigenvalue weighted by atomic mass is 15.1. The molecule has 0 spiro atoms. The first-order valence-corrected chi connectivity index (χ1v) is 35.1. The van der Waals surface area contributed by atoms with Crippen LogP contribution in [0.25, 0.3) is 134 Å². The molecule has 4 aliphatic rings. The molecule has 2 aliphatic carbocycles. The van der Waals surface area contributed by atoms with Gasteiger partial charge in [-0.05, 0) is 216 Å². The van der Waals surface area contributed by atoms with Crippen LogP contribution in [0.3, 0.4) is 0 Å². The second-order valence-corrected chi connectivity index (χ2v) is 30.0. The Labute approximate surface area is 558 Å². The molecule has 0 radical (unpaired) electrons. The first-order chi connectivity index (χ1) is 46.3. The standard InChI is InChI=1S/C89H78BN5/c1-88(2,3)70-37-39-78-72(53-70)74-47-65(59-33-21-11-22-34-59)49-76-83(74)94(78)80-51-69(52-81-82(80)90(76)77-50-66(60-35-23-12-24-36-60)48-75-73-54-71(89(4,5)6)38-40-79(73)95(81)84(75)77)87-92-85(67-43-61(55-25-13-7-14-26-55)41-62(44-67)56-27-15-8-16-28-56)91-86(93-87)68-45-63(57-29-17-9-18-30-57)42-64(46-68)58-31-19-10-20-32-58/h7-10,13-20,25-32,37-54,59-60H,11-12,21-24,33-36H2,1-6H3. The van der Waals surface area contributed by atoms with Gasteiger partial charge in [0.05, 0.1) is 11.0 Å². The molecule has 18 rings (SSSR count). The van der Waals surface area contributed by atoms with Gasteiger partial charge in [-0.25, -0.2) is 15.0 Å². The average Bonchev–Trinajstić information content (AvgIpc) is 1.56. The van der Waals surface area contributed by atoms with Gasteiger partial charge in [-0.2, -0.15) is 0 Å². The number of aromatic nitrogens is 5. The van der Waals surface area contributed by atoms with Crippen molar-refractivity contribution in [2.24, 2.45) is 0 Å². The van der Waals surface area contributed by atoms with E-state index < -0.39 is 0 Å². The number of rotatable bonds is 9. The summed E-state index contributed by atoms with van der Waals surface area (Å²) >= 11 is 0. The van der Waals surface area contributed by atoms with Gasteiger partial charge in [0.15, 0.2) is 17.5 Å². The van der Waals surface area contributed by atoms with Gasteiger partial charge in [-0.1, -0.05) is 226 Å². The van der Waals surface area contributed by atoms with Gasteiger partial charge >= 0.3 is 0 Å². The molecule has 0 saturated heterocycles. The Hall–Kier alpha value is -9.91. The minimum absolute atomic E-state index is 0.0253. The number of hydrogen-bond donors (Lipinski definition) is 0. The topological polar surface area (TPSA) is 48.5 Å². The molecular weight excluding hydrogens is 1150 g/mol. The Kier molecular flexibility index (Phi) is 13.6. The number of nitrogens with zero attached hydrogens (tertiary/aromatic N) is 5. The van der Waals surface area contributed by atoms with Gasteiger partial charge in [0.2, 0.25) is 0 Å². The summed E-state index contributed by atoms with van der Waals surface area (Å²) in [5, 5.41) is 5.39. The summed E-state index contributed by atoms with van der Waals surface area (Å²) in [5.41, 5.74) is 29.1. The molecule has 2 aliphatic heterocycles. The molecule has 5 nitrogen and oxygen atoms in total. The summed E-state index contributed by atoms with van der Waals surface area (Å²) < 4.78 is 5.36. The average molecular weight is 1230 g/mol. The smallest absolute Gasteiger partial charge is 0.252 e. The maximum absolute atomic E-state index is 5.84. The van der Waals surface area contributed by atoms with Gasteiger partial charge < -0.3 is 9.13 Å². The highest BCUT2D eigenvalue weighted by Crippen LogP contribution is 2.47. The SMILES string of the molecule is CC(C)(C)c1ccc2c(c1)c1cc(C3CCCCC3)cc3c1n2-c1cc(-c2nc(-c4cc(-c5ccccc5)cc(-c5ccccc5)c4)nc(-c4cc(-c5ccccc5)cc(-c5ccccc5)c4)n2)cc2c1B3c1cc(C3CCCCC3)cc3c4cc(C(C)(C)C)ccc4n-2c13.